The molecule has 0 aliphatic carbocycles. The van der Waals surface area contributed by atoms with Crippen LogP contribution in [0.1, 0.15) is 19.4 Å². The number of ether oxygens (including phenoxy) is 1. The minimum Gasteiger partial charge on any atom is -0.495 e. The second-order valence-corrected chi connectivity index (χ2v) is 6.95. The summed E-state index contributed by atoms with van der Waals surface area (Å²) < 4.78 is 5.10. The molecule has 1 heterocycles. The van der Waals surface area contributed by atoms with Crippen LogP contribution in [-0.4, -0.2) is 38.0 Å². The summed E-state index contributed by atoms with van der Waals surface area (Å²) in [5, 5.41) is 2.44. The van der Waals surface area contributed by atoms with Gasteiger partial charge in [-0.2, -0.15) is 0 Å². The summed E-state index contributed by atoms with van der Waals surface area (Å²) in [5.41, 5.74) is 1.81. The number of anilines is 2. The van der Waals surface area contributed by atoms with E-state index < -0.39 is 17.8 Å². The maximum absolute atomic E-state index is 13.0. The van der Waals surface area contributed by atoms with E-state index in [-0.39, 0.29) is 16.3 Å². The lowest BCUT2D eigenvalue weighted by atomic mass is 10.1. The molecule has 1 N–H and O–H groups in total. The van der Waals surface area contributed by atoms with Gasteiger partial charge in [-0.15, -0.1) is 0 Å². The fourth-order valence-electron chi connectivity index (χ4n) is 3.22. The number of nitrogens with zero attached hydrogens (tertiary/aromatic N) is 2. The number of rotatable bonds is 6. The Kier molecular flexibility index (Phi) is 6.42. The third-order valence-electron chi connectivity index (χ3n) is 4.83. The summed E-state index contributed by atoms with van der Waals surface area (Å²) in [6, 6.07) is 11.2. The fourth-order valence-corrected chi connectivity index (χ4v) is 3.48. The van der Waals surface area contributed by atoms with Crippen LogP contribution in [-0.2, 0) is 9.59 Å². The maximum atomic E-state index is 13.0. The highest BCUT2D eigenvalue weighted by molar-refractivity contribution is 6.39. The van der Waals surface area contributed by atoms with Gasteiger partial charge in [0.05, 0.1) is 17.8 Å². The van der Waals surface area contributed by atoms with E-state index in [9.17, 15) is 14.4 Å². The highest BCUT2D eigenvalue weighted by Crippen LogP contribution is 2.31. The lowest BCUT2D eigenvalue weighted by Gasteiger charge is -2.26. The van der Waals surface area contributed by atoms with Gasteiger partial charge in [0.1, 0.15) is 11.3 Å². The number of nitrogens with one attached hydrogen (secondary N) is 1. The molecular formula is C22H22ClN3O4. The smallest absolute Gasteiger partial charge is 0.335 e. The van der Waals surface area contributed by atoms with Crippen molar-refractivity contribution < 1.29 is 19.1 Å². The third-order valence-corrected chi connectivity index (χ3v) is 5.12. The van der Waals surface area contributed by atoms with Crippen molar-refractivity contribution in [1.82, 2.24) is 5.32 Å². The summed E-state index contributed by atoms with van der Waals surface area (Å²) >= 11 is 6.12. The molecule has 2 aromatic carbocycles. The van der Waals surface area contributed by atoms with Gasteiger partial charge in [0.25, 0.3) is 11.8 Å². The number of hydrogen-bond acceptors (Lipinski definition) is 5. The first-order chi connectivity index (χ1) is 14.4. The second-order valence-electron chi connectivity index (χ2n) is 6.54. The molecule has 0 bridgehead atoms. The molecule has 8 heteroatoms. The van der Waals surface area contributed by atoms with E-state index in [0.717, 1.165) is 23.7 Å². The Hall–Kier alpha value is -3.32. The van der Waals surface area contributed by atoms with Gasteiger partial charge < -0.3 is 9.64 Å². The Bertz CT molecular complexity index is 1010. The van der Waals surface area contributed by atoms with Gasteiger partial charge in [0.15, 0.2) is 0 Å². The van der Waals surface area contributed by atoms with Crippen LogP contribution in [0.15, 0.2) is 48.0 Å². The predicted molar refractivity (Wildman–Crippen MR) is 117 cm³/mol. The number of carbonyl (C=O) groups excluding carboxylic acids is 3. The predicted octanol–water partition coefficient (Wildman–Crippen LogP) is 3.86. The Labute approximate surface area is 179 Å². The van der Waals surface area contributed by atoms with Crippen LogP contribution < -0.4 is 19.9 Å². The monoisotopic (exact) mass is 427 g/mol. The molecule has 0 saturated carbocycles. The Morgan fingerprint density at radius 1 is 1.07 bits per heavy atom. The molecule has 0 radical (unpaired) electrons. The van der Waals surface area contributed by atoms with E-state index in [4.69, 9.17) is 16.3 Å². The highest BCUT2D eigenvalue weighted by atomic mass is 35.5. The molecular weight excluding hydrogens is 406 g/mol. The zero-order valence-electron chi connectivity index (χ0n) is 16.9. The molecule has 1 aliphatic heterocycles. The zero-order valence-corrected chi connectivity index (χ0v) is 17.7. The van der Waals surface area contributed by atoms with E-state index in [1.54, 1.807) is 6.07 Å². The van der Waals surface area contributed by atoms with Gasteiger partial charge in [-0.05, 0) is 55.8 Å². The van der Waals surface area contributed by atoms with Crippen molar-refractivity contribution in [2.45, 2.75) is 13.8 Å². The van der Waals surface area contributed by atoms with Gasteiger partial charge in [0, 0.05) is 18.8 Å². The number of carbonyl (C=O) groups is 3. The number of halogens is 1. The van der Waals surface area contributed by atoms with Crippen LogP contribution in [0.5, 0.6) is 5.75 Å². The van der Waals surface area contributed by atoms with Crippen molar-refractivity contribution in [3.8, 4) is 5.75 Å². The summed E-state index contributed by atoms with van der Waals surface area (Å²) in [7, 11) is 1.46. The van der Waals surface area contributed by atoms with Crippen molar-refractivity contribution in [3.63, 3.8) is 0 Å². The van der Waals surface area contributed by atoms with Crippen LogP contribution in [0.4, 0.5) is 16.2 Å². The molecule has 3 rings (SSSR count). The van der Waals surface area contributed by atoms with Crippen molar-refractivity contribution in [2.75, 3.05) is 30.0 Å². The molecule has 0 unspecified atom stereocenters. The number of methoxy groups -OCH3 is 1. The molecule has 1 aliphatic rings. The normalized spacial score (nSPS) is 15.4. The zero-order chi connectivity index (χ0) is 21.8. The van der Waals surface area contributed by atoms with Gasteiger partial charge in [-0.3, -0.25) is 14.9 Å². The number of hydrogen-bond donors (Lipinski definition) is 1. The van der Waals surface area contributed by atoms with Gasteiger partial charge >= 0.3 is 6.03 Å². The molecule has 4 amide bonds. The summed E-state index contributed by atoms with van der Waals surface area (Å²) in [4.78, 5) is 40.7. The Morgan fingerprint density at radius 3 is 2.30 bits per heavy atom. The van der Waals surface area contributed by atoms with Gasteiger partial charge in [-0.25, -0.2) is 9.69 Å². The molecule has 7 nitrogen and oxygen atoms in total. The minimum absolute atomic E-state index is 0.142. The number of urea groups is 1. The van der Waals surface area contributed by atoms with Crippen LogP contribution in [0.3, 0.4) is 0 Å². The molecule has 1 fully saturated rings. The molecule has 30 heavy (non-hydrogen) atoms. The minimum atomic E-state index is -0.833. The van der Waals surface area contributed by atoms with Crippen molar-refractivity contribution in [3.05, 3.63) is 58.6 Å². The SMILES string of the molecule is CCN(CC)c1ccc(/C=C2/C(=O)NC(=O)N(c3ccc(OC)c(Cl)c3)C2=O)cc1. The molecule has 1 saturated heterocycles. The van der Waals surface area contributed by atoms with Crippen LogP contribution in [0.25, 0.3) is 6.08 Å². The molecule has 0 atom stereocenters. The lowest BCUT2D eigenvalue weighted by molar-refractivity contribution is -0.122. The molecule has 2 aromatic rings. The van der Waals surface area contributed by atoms with E-state index in [2.05, 4.69) is 24.1 Å². The first kappa shape index (κ1) is 21.4. The average molecular weight is 428 g/mol. The number of barbiturate groups is 1. The van der Waals surface area contributed by atoms with Gasteiger partial charge in [-0.1, -0.05) is 23.7 Å². The standard InChI is InChI=1S/C22H22ClN3O4/c1-4-25(5-2)15-8-6-14(7-9-15)12-17-20(27)24-22(29)26(21(17)28)16-10-11-19(30-3)18(23)13-16/h6-13H,4-5H2,1-3H3,(H,24,27,29)/b17-12-. The summed E-state index contributed by atoms with van der Waals surface area (Å²) in [5.74, 6) is -1.06. The van der Waals surface area contributed by atoms with Gasteiger partial charge in [0.2, 0.25) is 0 Å². The quantitative estimate of drug-likeness (QED) is 0.559. The molecule has 156 valence electrons. The van der Waals surface area contributed by atoms with E-state index >= 15 is 0 Å². The highest BCUT2D eigenvalue weighted by Gasteiger charge is 2.37. The van der Waals surface area contributed by atoms with E-state index in [1.165, 1.54) is 25.3 Å². The van der Waals surface area contributed by atoms with E-state index in [0.29, 0.717) is 11.3 Å². The van der Waals surface area contributed by atoms with Crippen molar-refractivity contribution >= 4 is 46.9 Å². The molecule has 0 spiro atoms. The topological polar surface area (TPSA) is 79.0 Å². The molecule has 0 aromatic heterocycles. The number of amides is 4. The van der Waals surface area contributed by atoms with E-state index in [1.807, 2.05) is 24.3 Å². The van der Waals surface area contributed by atoms with Crippen LogP contribution in [0, 0.1) is 0 Å². The largest absolute Gasteiger partial charge is 0.495 e. The summed E-state index contributed by atoms with van der Waals surface area (Å²) in [6.07, 6.45) is 1.47. The van der Waals surface area contributed by atoms with Crippen molar-refractivity contribution in [1.29, 1.82) is 0 Å². The van der Waals surface area contributed by atoms with Crippen molar-refractivity contribution in [2.24, 2.45) is 0 Å². The van der Waals surface area contributed by atoms with Crippen LogP contribution in [0.2, 0.25) is 5.02 Å². The fraction of sp³-hybridized carbons (Fsp3) is 0.227. The summed E-state index contributed by atoms with van der Waals surface area (Å²) in [6.45, 7) is 5.89. The lowest BCUT2D eigenvalue weighted by Crippen LogP contribution is -2.54. The first-order valence-corrected chi connectivity index (χ1v) is 9.87. The van der Waals surface area contributed by atoms with Crippen LogP contribution >= 0.6 is 11.6 Å². The number of benzene rings is 2. The Morgan fingerprint density at radius 2 is 1.73 bits per heavy atom. The average Bonchev–Trinajstić information content (AvgIpc) is 2.73. The third kappa shape index (κ3) is 4.16. The maximum Gasteiger partial charge on any atom is 0.335 e. The number of imide groups is 2. The second kappa shape index (κ2) is 9.00. The first-order valence-electron chi connectivity index (χ1n) is 9.49. The Balaban J connectivity index is 1.93.